The highest BCUT2D eigenvalue weighted by Crippen LogP contribution is 2.21. The van der Waals surface area contributed by atoms with Crippen molar-refractivity contribution in [3.63, 3.8) is 0 Å². The van der Waals surface area contributed by atoms with Crippen molar-refractivity contribution in [2.75, 3.05) is 6.54 Å². The predicted molar refractivity (Wildman–Crippen MR) is 96.6 cm³/mol. The van der Waals surface area contributed by atoms with Gasteiger partial charge in [0, 0.05) is 36.9 Å². The van der Waals surface area contributed by atoms with Crippen LogP contribution in [0, 0.1) is 6.92 Å². The first kappa shape index (κ1) is 16.8. The van der Waals surface area contributed by atoms with E-state index in [4.69, 9.17) is 0 Å². The molecule has 24 heavy (non-hydrogen) atoms. The molecule has 2 aromatic heterocycles. The Morgan fingerprint density at radius 3 is 2.54 bits per heavy atom. The van der Waals surface area contributed by atoms with E-state index in [-0.39, 0.29) is 0 Å². The smallest absolute Gasteiger partial charge is 0.101 e. The van der Waals surface area contributed by atoms with Gasteiger partial charge >= 0.3 is 0 Å². The van der Waals surface area contributed by atoms with Gasteiger partial charge in [-0.25, -0.2) is 0 Å². The van der Waals surface area contributed by atoms with Gasteiger partial charge in [0.2, 0.25) is 0 Å². The van der Waals surface area contributed by atoms with E-state index in [1.165, 1.54) is 5.56 Å². The average molecular weight is 339 g/mol. The van der Waals surface area contributed by atoms with Crippen LogP contribution in [-0.2, 0) is 13.1 Å². The number of hydrogen-bond donors (Lipinski definition) is 1. The Kier molecular flexibility index (Phi) is 5.69. The molecule has 1 N–H and O–H groups in total. The van der Waals surface area contributed by atoms with Crippen LogP contribution in [0.2, 0.25) is 0 Å². The molecule has 5 heteroatoms. The molecule has 0 amide bonds. The minimum absolute atomic E-state index is 0.493. The lowest BCUT2D eigenvalue weighted by Crippen LogP contribution is -2.28. The summed E-state index contributed by atoms with van der Waals surface area (Å²) >= 11 is 1.58. The van der Waals surface area contributed by atoms with Gasteiger partial charge in [-0.2, -0.15) is 0 Å². The van der Waals surface area contributed by atoms with Crippen LogP contribution in [0.1, 0.15) is 27.9 Å². The van der Waals surface area contributed by atoms with Crippen molar-refractivity contribution in [2.45, 2.75) is 26.1 Å². The quantitative estimate of drug-likeness (QED) is 0.715. The van der Waals surface area contributed by atoms with Gasteiger partial charge in [-0.3, -0.25) is 14.9 Å². The molecule has 0 aliphatic carbocycles. The van der Waals surface area contributed by atoms with Crippen LogP contribution in [0.3, 0.4) is 0 Å². The molecule has 0 saturated carbocycles. The molecule has 124 valence electrons. The molecule has 0 unspecified atom stereocenters. The van der Waals surface area contributed by atoms with Gasteiger partial charge in [0.25, 0.3) is 0 Å². The lowest BCUT2D eigenvalue weighted by atomic mass is 10.2. The molecule has 0 aliphatic heterocycles. The second kappa shape index (κ2) is 8.15. The molecule has 0 saturated heterocycles. The number of aryl methyl sites for hydroxylation is 1. The van der Waals surface area contributed by atoms with Gasteiger partial charge in [0.05, 0.1) is 11.4 Å². The molecular formula is C19H21N3OS. The molecule has 3 rings (SSSR count). The topological polar surface area (TPSA) is 49.2 Å². The second-order valence-corrected chi connectivity index (χ2v) is 6.81. The maximum absolute atomic E-state index is 10.5. The number of aliphatic hydroxyl groups excluding tert-OH is 1. The van der Waals surface area contributed by atoms with Crippen LogP contribution in [0.25, 0.3) is 0 Å². The normalized spacial score (nSPS) is 12.5. The molecule has 0 radical (unpaired) electrons. The van der Waals surface area contributed by atoms with Gasteiger partial charge in [-0.15, -0.1) is 11.3 Å². The van der Waals surface area contributed by atoms with Crippen molar-refractivity contribution >= 4 is 11.3 Å². The zero-order chi connectivity index (χ0) is 16.8. The zero-order valence-corrected chi connectivity index (χ0v) is 14.5. The maximum atomic E-state index is 10.5. The lowest BCUT2D eigenvalue weighted by molar-refractivity contribution is 0.106. The number of nitrogens with zero attached hydrogens (tertiary/aromatic N) is 3. The van der Waals surface area contributed by atoms with Crippen molar-refractivity contribution in [3.8, 4) is 0 Å². The summed E-state index contributed by atoms with van der Waals surface area (Å²) in [4.78, 5) is 12.0. The van der Waals surface area contributed by atoms with Crippen LogP contribution >= 0.6 is 11.3 Å². The third kappa shape index (κ3) is 4.71. The minimum atomic E-state index is -0.493. The molecule has 0 aliphatic rings. The number of thiophene rings is 1. The van der Waals surface area contributed by atoms with Gasteiger partial charge < -0.3 is 5.11 Å². The highest BCUT2D eigenvalue weighted by Gasteiger charge is 2.16. The summed E-state index contributed by atoms with van der Waals surface area (Å²) in [6.07, 6.45) is 3.10. The van der Waals surface area contributed by atoms with Crippen LogP contribution in [0.4, 0.5) is 0 Å². The standard InChI is InChI=1S/C19H21N3OS/c1-15-10-21-17(11-20-15)13-22(12-16-6-3-2-4-7-16)14-18(23)19-8-5-9-24-19/h2-11,18,23H,12-14H2,1H3/t18-/m1/s1. The summed E-state index contributed by atoms with van der Waals surface area (Å²) < 4.78 is 0. The third-order valence-electron chi connectivity index (χ3n) is 3.77. The molecule has 0 fully saturated rings. The number of rotatable bonds is 7. The molecule has 3 aromatic rings. The number of hydrogen-bond acceptors (Lipinski definition) is 5. The summed E-state index contributed by atoms with van der Waals surface area (Å²) in [7, 11) is 0. The summed E-state index contributed by atoms with van der Waals surface area (Å²) in [6.45, 7) is 3.91. The van der Waals surface area contributed by atoms with E-state index < -0.39 is 6.10 Å². The number of aromatic nitrogens is 2. The first-order chi connectivity index (χ1) is 11.7. The molecular weight excluding hydrogens is 318 g/mol. The third-order valence-corrected chi connectivity index (χ3v) is 4.75. The van der Waals surface area contributed by atoms with E-state index in [0.717, 1.165) is 22.8 Å². The van der Waals surface area contributed by atoms with E-state index in [1.807, 2.05) is 48.8 Å². The largest absolute Gasteiger partial charge is 0.386 e. The van der Waals surface area contributed by atoms with Crippen molar-refractivity contribution in [3.05, 3.63) is 82.1 Å². The first-order valence-electron chi connectivity index (χ1n) is 7.96. The Balaban J connectivity index is 1.73. The highest BCUT2D eigenvalue weighted by atomic mass is 32.1. The van der Waals surface area contributed by atoms with E-state index >= 15 is 0 Å². The van der Waals surface area contributed by atoms with Gasteiger partial charge in [0.15, 0.2) is 0 Å². The molecule has 0 spiro atoms. The molecule has 1 atom stereocenters. The molecule has 0 bridgehead atoms. The fourth-order valence-electron chi connectivity index (χ4n) is 2.57. The average Bonchev–Trinajstić information content (AvgIpc) is 3.12. The Bertz CT molecular complexity index is 729. The summed E-state index contributed by atoms with van der Waals surface area (Å²) in [5.74, 6) is 0. The number of benzene rings is 1. The number of aliphatic hydroxyl groups is 1. The Morgan fingerprint density at radius 2 is 1.88 bits per heavy atom. The Labute approximate surface area is 146 Å². The van der Waals surface area contributed by atoms with Crippen LogP contribution in [0.5, 0.6) is 0 Å². The zero-order valence-electron chi connectivity index (χ0n) is 13.7. The van der Waals surface area contributed by atoms with Gasteiger partial charge in [-0.05, 0) is 23.9 Å². The summed E-state index contributed by atoms with van der Waals surface area (Å²) in [5.41, 5.74) is 3.04. The maximum Gasteiger partial charge on any atom is 0.101 e. The second-order valence-electron chi connectivity index (χ2n) is 5.84. The fraction of sp³-hybridized carbons (Fsp3) is 0.263. The molecule has 2 heterocycles. The fourth-order valence-corrected chi connectivity index (χ4v) is 3.28. The van der Waals surface area contributed by atoms with Crippen LogP contribution < -0.4 is 0 Å². The van der Waals surface area contributed by atoms with Crippen molar-refractivity contribution in [1.29, 1.82) is 0 Å². The van der Waals surface area contributed by atoms with Crippen molar-refractivity contribution in [1.82, 2.24) is 14.9 Å². The van der Waals surface area contributed by atoms with E-state index in [9.17, 15) is 5.11 Å². The summed E-state index contributed by atoms with van der Waals surface area (Å²) in [6, 6.07) is 14.2. The van der Waals surface area contributed by atoms with E-state index in [1.54, 1.807) is 17.5 Å². The monoisotopic (exact) mass is 339 g/mol. The molecule has 1 aromatic carbocycles. The SMILES string of the molecule is Cc1cnc(CN(Cc2ccccc2)C[C@@H](O)c2cccs2)cn1. The van der Waals surface area contributed by atoms with Gasteiger partial charge in [0.1, 0.15) is 6.10 Å². The summed E-state index contributed by atoms with van der Waals surface area (Å²) in [5, 5.41) is 12.5. The Hall–Kier alpha value is -2.08. The van der Waals surface area contributed by atoms with E-state index in [0.29, 0.717) is 13.1 Å². The van der Waals surface area contributed by atoms with Crippen molar-refractivity contribution in [2.24, 2.45) is 0 Å². The van der Waals surface area contributed by atoms with Crippen LogP contribution in [-0.4, -0.2) is 26.5 Å². The van der Waals surface area contributed by atoms with Crippen molar-refractivity contribution < 1.29 is 5.11 Å². The van der Waals surface area contributed by atoms with Gasteiger partial charge in [-0.1, -0.05) is 36.4 Å². The molecule has 4 nitrogen and oxygen atoms in total. The van der Waals surface area contributed by atoms with Crippen LogP contribution in [0.15, 0.2) is 60.2 Å². The minimum Gasteiger partial charge on any atom is -0.386 e. The predicted octanol–water partition coefficient (Wildman–Crippen LogP) is 3.58. The van der Waals surface area contributed by atoms with E-state index in [2.05, 4.69) is 27.0 Å². The highest BCUT2D eigenvalue weighted by molar-refractivity contribution is 7.10. The first-order valence-corrected chi connectivity index (χ1v) is 8.84. The Morgan fingerprint density at radius 1 is 1.04 bits per heavy atom. The lowest BCUT2D eigenvalue weighted by Gasteiger charge is -2.24.